The van der Waals surface area contributed by atoms with Crippen LogP contribution >= 0.6 is 0 Å². The van der Waals surface area contributed by atoms with Crippen molar-refractivity contribution in [1.29, 1.82) is 0 Å². The SMILES string of the molecule is O=C1C=CC(=O)N1CCC(=O)N1Cc2ccccc2/C=C\c2ccccc21. The Bertz CT molecular complexity index is 973. The summed E-state index contributed by atoms with van der Waals surface area (Å²) in [4.78, 5) is 39.3. The summed E-state index contributed by atoms with van der Waals surface area (Å²) in [7, 11) is 0. The Morgan fingerprint density at radius 1 is 0.815 bits per heavy atom. The molecule has 5 nitrogen and oxygen atoms in total. The first-order valence-electron chi connectivity index (χ1n) is 8.82. The van der Waals surface area contributed by atoms with E-state index in [1.165, 1.54) is 12.2 Å². The van der Waals surface area contributed by atoms with Gasteiger partial charge in [-0.25, -0.2) is 0 Å². The average molecular weight is 358 g/mol. The third-order valence-corrected chi connectivity index (χ3v) is 4.80. The molecule has 2 heterocycles. The van der Waals surface area contributed by atoms with E-state index in [-0.39, 0.29) is 30.7 Å². The van der Waals surface area contributed by atoms with Crippen LogP contribution in [-0.4, -0.2) is 29.2 Å². The third kappa shape index (κ3) is 3.31. The van der Waals surface area contributed by atoms with Crippen molar-refractivity contribution in [3.63, 3.8) is 0 Å². The van der Waals surface area contributed by atoms with Crippen LogP contribution in [0.1, 0.15) is 23.1 Å². The molecule has 4 rings (SSSR count). The molecule has 0 fully saturated rings. The molecule has 0 aliphatic carbocycles. The molecule has 0 bridgehead atoms. The molecule has 0 radical (unpaired) electrons. The highest BCUT2D eigenvalue weighted by atomic mass is 16.2. The fraction of sp³-hybridized carbons (Fsp3) is 0.136. The van der Waals surface area contributed by atoms with Gasteiger partial charge >= 0.3 is 0 Å². The number of para-hydroxylation sites is 1. The number of amides is 3. The van der Waals surface area contributed by atoms with Crippen molar-refractivity contribution in [3.8, 4) is 0 Å². The number of benzene rings is 2. The topological polar surface area (TPSA) is 57.7 Å². The van der Waals surface area contributed by atoms with Gasteiger partial charge < -0.3 is 4.90 Å². The van der Waals surface area contributed by atoms with Crippen molar-refractivity contribution in [1.82, 2.24) is 4.90 Å². The molecule has 2 aromatic carbocycles. The lowest BCUT2D eigenvalue weighted by Crippen LogP contribution is -2.37. The van der Waals surface area contributed by atoms with Gasteiger partial charge in [0.2, 0.25) is 5.91 Å². The van der Waals surface area contributed by atoms with E-state index in [4.69, 9.17) is 0 Å². The number of carbonyl (C=O) groups is 3. The maximum atomic E-state index is 13.0. The van der Waals surface area contributed by atoms with Gasteiger partial charge in [0.15, 0.2) is 0 Å². The average Bonchev–Trinajstić information content (AvgIpc) is 2.99. The van der Waals surface area contributed by atoms with Crippen molar-refractivity contribution in [2.75, 3.05) is 11.4 Å². The zero-order valence-corrected chi connectivity index (χ0v) is 14.7. The normalized spacial score (nSPS) is 16.6. The van der Waals surface area contributed by atoms with E-state index in [2.05, 4.69) is 6.08 Å². The van der Waals surface area contributed by atoms with Crippen LogP contribution in [0.5, 0.6) is 0 Å². The second-order valence-electron chi connectivity index (χ2n) is 6.48. The van der Waals surface area contributed by atoms with Crippen LogP contribution in [0.3, 0.4) is 0 Å². The van der Waals surface area contributed by atoms with Crippen molar-refractivity contribution in [3.05, 3.63) is 77.4 Å². The second-order valence-corrected chi connectivity index (χ2v) is 6.48. The molecular weight excluding hydrogens is 340 g/mol. The first-order valence-corrected chi connectivity index (χ1v) is 8.82. The summed E-state index contributed by atoms with van der Waals surface area (Å²) in [5.74, 6) is -0.858. The molecule has 5 heteroatoms. The van der Waals surface area contributed by atoms with Gasteiger partial charge in [-0.1, -0.05) is 54.6 Å². The summed E-state index contributed by atoms with van der Waals surface area (Å²) >= 11 is 0. The first kappa shape index (κ1) is 17.0. The van der Waals surface area contributed by atoms with E-state index in [9.17, 15) is 14.4 Å². The lowest BCUT2D eigenvalue weighted by atomic mass is 10.0. The maximum Gasteiger partial charge on any atom is 0.253 e. The van der Waals surface area contributed by atoms with Gasteiger partial charge in [0, 0.05) is 25.1 Å². The van der Waals surface area contributed by atoms with Crippen LogP contribution < -0.4 is 4.90 Å². The molecule has 0 N–H and O–H groups in total. The Hall–Kier alpha value is -3.47. The van der Waals surface area contributed by atoms with E-state index >= 15 is 0 Å². The van der Waals surface area contributed by atoms with Crippen LogP contribution in [0, 0.1) is 0 Å². The van der Waals surface area contributed by atoms with E-state index < -0.39 is 0 Å². The van der Waals surface area contributed by atoms with Crippen molar-refractivity contribution in [2.24, 2.45) is 0 Å². The molecular formula is C22H18N2O3. The monoisotopic (exact) mass is 358 g/mol. The fourth-order valence-corrected chi connectivity index (χ4v) is 3.37. The molecule has 134 valence electrons. The van der Waals surface area contributed by atoms with Crippen molar-refractivity contribution >= 4 is 35.6 Å². The molecule has 3 amide bonds. The number of imide groups is 1. The minimum absolute atomic E-state index is 0.0827. The molecule has 0 atom stereocenters. The predicted molar refractivity (Wildman–Crippen MR) is 103 cm³/mol. The number of hydrogen-bond acceptors (Lipinski definition) is 3. The molecule has 2 aliphatic heterocycles. The van der Waals surface area contributed by atoms with Gasteiger partial charge in [-0.2, -0.15) is 0 Å². The zero-order chi connectivity index (χ0) is 18.8. The molecule has 2 aliphatic rings. The number of nitrogens with zero attached hydrogens (tertiary/aromatic N) is 2. The zero-order valence-electron chi connectivity index (χ0n) is 14.7. The van der Waals surface area contributed by atoms with Crippen LogP contribution in [0.2, 0.25) is 0 Å². The quantitative estimate of drug-likeness (QED) is 0.793. The second kappa shape index (κ2) is 7.03. The van der Waals surface area contributed by atoms with Gasteiger partial charge in [0.1, 0.15) is 0 Å². The summed E-state index contributed by atoms with van der Waals surface area (Å²) in [5.41, 5.74) is 3.89. The van der Waals surface area contributed by atoms with Gasteiger partial charge in [0.05, 0.1) is 12.2 Å². The Labute approximate surface area is 157 Å². The molecule has 0 spiro atoms. The van der Waals surface area contributed by atoms with E-state index in [0.717, 1.165) is 27.3 Å². The molecule has 2 aromatic rings. The minimum atomic E-state index is -0.367. The smallest absolute Gasteiger partial charge is 0.253 e. The number of anilines is 1. The number of hydrogen-bond donors (Lipinski definition) is 0. The standard InChI is InChI=1S/C22H18N2O3/c25-20-11-12-21(26)23(20)14-13-22(27)24-15-18-7-2-1-5-16(18)9-10-17-6-3-4-8-19(17)24/h1-12H,13-15H2/b10-9-. The molecule has 0 unspecified atom stereocenters. The van der Waals surface area contributed by atoms with E-state index in [1.807, 2.05) is 54.6 Å². The van der Waals surface area contributed by atoms with E-state index in [1.54, 1.807) is 4.90 Å². The van der Waals surface area contributed by atoms with E-state index in [0.29, 0.717) is 6.54 Å². The minimum Gasteiger partial charge on any atom is -0.307 e. The van der Waals surface area contributed by atoms with Gasteiger partial charge in [0.25, 0.3) is 11.8 Å². The van der Waals surface area contributed by atoms with Gasteiger partial charge in [-0.05, 0) is 22.8 Å². The summed E-state index contributed by atoms with van der Waals surface area (Å²) in [6, 6.07) is 15.7. The van der Waals surface area contributed by atoms with Crippen molar-refractivity contribution in [2.45, 2.75) is 13.0 Å². The first-order chi connectivity index (χ1) is 13.1. The third-order valence-electron chi connectivity index (χ3n) is 4.80. The Kier molecular flexibility index (Phi) is 4.42. The summed E-state index contributed by atoms with van der Waals surface area (Å²) in [6.45, 7) is 0.524. The molecule has 0 aromatic heterocycles. The highest BCUT2D eigenvalue weighted by molar-refractivity contribution is 6.13. The lowest BCUT2D eigenvalue weighted by molar-refractivity contribution is -0.137. The Morgan fingerprint density at radius 2 is 1.44 bits per heavy atom. The number of fused-ring (bicyclic) bond motifs is 2. The summed E-state index contributed by atoms with van der Waals surface area (Å²) in [6.07, 6.45) is 6.62. The van der Waals surface area contributed by atoms with Gasteiger partial charge in [-0.3, -0.25) is 19.3 Å². The highest BCUT2D eigenvalue weighted by Crippen LogP contribution is 2.29. The largest absolute Gasteiger partial charge is 0.307 e. The van der Waals surface area contributed by atoms with Crippen LogP contribution in [0.15, 0.2) is 60.7 Å². The molecule has 0 saturated carbocycles. The molecule has 27 heavy (non-hydrogen) atoms. The maximum absolute atomic E-state index is 13.0. The number of carbonyl (C=O) groups excluding carboxylic acids is 3. The molecule has 0 saturated heterocycles. The van der Waals surface area contributed by atoms with Crippen molar-refractivity contribution < 1.29 is 14.4 Å². The lowest BCUT2D eigenvalue weighted by Gasteiger charge is -2.27. The summed E-state index contributed by atoms with van der Waals surface area (Å²) < 4.78 is 0. The van der Waals surface area contributed by atoms with Crippen LogP contribution in [-0.2, 0) is 20.9 Å². The predicted octanol–water partition coefficient (Wildman–Crippen LogP) is 3.02. The van der Waals surface area contributed by atoms with Gasteiger partial charge in [-0.15, -0.1) is 0 Å². The Morgan fingerprint density at radius 3 is 2.22 bits per heavy atom. The highest BCUT2D eigenvalue weighted by Gasteiger charge is 2.26. The number of rotatable bonds is 3. The van der Waals surface area contributed by atoms with Crippen LogP contribution in [0.25, 0.3) is 12.2 Å². The Balaban J connectivity index is 1.62. The summed E-state index contributed by atoms with van der Waals surface area (Å²) in [5, 5.41) is 0. The van der Waals surface area contributed by atoms with Crippen LogP contribution in [0.4, 0.5) is 5.69 Å². The fourth-order valence-electron chi connectivity index (χ4n) is 3.37.